The van der Waals surface area contributed by atoms with Crippen molar-refractivity contribution >= 4 is 29.0 Å². The second-order valence-electron chi connectivity index (χ2n) is 9.95. The Morgan fingerprint density at radius 3 is 1.94 bits per heavy atom. The van der Waals surface area contributed by atoms with Crippen molar-refractivity contribution < 1.29 is 14.7 Å². The van der Waals surface area contributed by atoms with Crippen LogP contribution in [-0.2, 0) is 5.41 Å². The molecule has 1 N–H and O–H groups in total. The maximum absolute atomic E-state index is 13.4. The van der Waals surface area contributed by atoms with Gasteiger partial charge in [-0.25, -0.2) is 0 Å². The minimum absolute atomic E-state index is 0.00261. The molecule has 0 bridgehead atoms. The fourth-order valence-electron chi connectivity index (χ4n) is 4.50. The number of fused-ring (bicyclic) bond motifs is 2. The highest BCUT2D eigenvalue weighted by Crippen LogP contribution is 2.42. The number of carbonyl (C=O) groups is 2. The lowest BCUT2D eigenvalue weighted by Crippen LogP contribution is -2.22. The molecule has 4 aromatic carbocycles. The van der Waals surface area contributed by atoms with E-state index in [-0.39, 0.29) is 33.9 Å². The number of ketones is 2. The van der Waals surface area contributed by atoms with Crippen molar-refractivity contribution in [3.63, 3.8) is 0 Å². The average Bonchev–Trinajstić information content (AvgIpc) is 2.88. The van der Waals surface area contributed by atoms with Gasteiger partial charge in [-0.15, -0.1) is 0 Å². The summed E-state index contributed by atoms with van der Waals surface area (Å²) in [4.78, 5) is 28.3. The lowest BCUT2D eigenvalue weighted by atomic mass is 9.83. The van der Waals surface area contributed by atoms with Gasteiger partial charge in [0.05, 0.1) is 11.3 Å². The molecule has 178 valence electrons. The maximum Gasteiger partial charge on any atom is 0.198 e. The van der Waals surface area contributed by atoms with E-state index in [1.165, 1.54) is 5.56 Å². The molecular formula is C32H27NO3. The summed E-state index contributed by atoms with van der Waals surface area (Å²) in [6.07, 6.45) is 3.81. The number of aromatic hydroxyl groups is 1. The third kappa shape index (κ3) is 4.11. The number of phenolic OH excluding ortho intramolecular Hbond substituents is 1. The number of hydrogen-bond acceptors (Lipinski definition) is 4. The number of benzene rings is 4. The van der Waals surface area contributed by atoms with Gasteiger partial charge in [-0.1, -0.05) is 87.5 Å². The number of rotatable bonds is 4. The minimum Gasteiger partial charge on any atom is -0.505 e. The van der Waals surface area contributed by atoms with Crippen molar-refractivity contribution in [1.29, 1.82) is 0 Å². The Hall–Kier alpha value is -4.44. The predicted molar refractivity (Wildman–Crippen MR) is 144 cm³/mol. The normalized spacial score (nSPS) is 13.0. The van der Waals surface area contributed by atoms with Gasteiger partial charge in [0.15, 0.2) is 17.3 Å². The highest BCUT2D eigenvalue weighted by molar-refractivity contribution is 6.29. The summed E-state index contributed by atoms with van der Waals surface area (Å²) in [5, 5.41) is 11.4. The van der Waals surface area contributed by atoms with Crippen LogP contribution in [0.3, 0.4) is 0 Å². The topological polar surface area (TPSA) is 57.6 Å². The van der Waals surface area contributed by atoms with Crippen LogP contribution >= 0.6 is 0 Å². The zero-order valence-electron chi connectivity index (χ0n) is 20.5. The van der Waals surface area contributed by atoms with Crippen molar-refractivity contribution in [2.75, 3.05) is 4.90 Å². The second kappa shape index (κ2) is 8.97. The number of hydrogen-bond donors (Lipinski definition) is 1. The molecule has 0 fully saturated rings. The van der Waals surface area contributed by atoms with Gasteiger partial charge in [-0.3, -0.25) is 9.59 Å². The van der Waals surface area contributed by atoms with E-state index < -0.39 is 0 Å². The van der Waals surface area contributed by atoms with E-state index in [9.17, 15) is 14.7 Å². The SMILES string of the molecule is CC(C)(C)c1ccc(N(/C=C/c2ccccc2)c2ccc3c(c2O)C(=O)c2ccccc2C3=O)cc1. The summed E-state index contributed by atoms with van der Waals surface area (Å²) >= 11 is 0. The van der Waals surface area contributed by atoms with Crippen LogP contribution in [0.25, 0.3) is 6.08 Å². The first-order valence-electron chi connectivity index (χ1n) is 11.9. The molecule has 0 saturated heterocycles. The van der Waals surface area contributed by atoms with Gasteiger partial charge in [0, 0.05) is 28.6 Å². The van der Waals surface area contributed by atoms with E-state index in [4.69, 9.17) is 0 Å². The van der Waals surface area contributed by atoms with Crippen LogP contribution in [0, 0.1) is 0 Å². The van der Waals surface area contributed by atoms with Crippen LogP contribution in [0.5, 0.6) is 5.75 Å². The Balaban J connectivity index is 1.64. The molecule has 36 heavy (non-hydrogen) atoms. The molecular weight excluding hydrogens is 446 g/mol. The molecule has 0 saturated carbocycles. The smallest absolute Gasteiger partial charge is 0.198 e. The third-order valence-electron chi connectivity index (χ3n) is 6.53. The summed E-state index contributed by atoms with van der Waals surface area (Å²) in [5.41, 5.74) is 4.35. The van der Waals surface area contributed by atoms with Gasteiger partial charge in [-0.05, 0) is 46.9 Å². The van der Waals surface area contributed by atoms with Crippen molar-refractivity contribution in [3.8, 4) is 5.75 Å². The second-order valence-corrected chi connectivity index (χ2v) is 9.95. The monoisotopic (exact) mass is 473 g/mol. The van der Waals surface area contributed by atoms with Gasteiger partial charge in [0.2, 0.25) is 0 Å². The number of phenols is 1. The zero-order valence-corrected chi connectivity index (χ0v) is 20.5. The van der Waals surface area contributed by atoms with E-state index in [0.717, 1.165) is 11.3 Å². The Morgan fingerprint density at radius 1 is 0.694 bits per heavy atom. The van der Waals surface area contributed by atoms with Crippen LogP contribution < -0.4 is 4.90 Å². The predicted octanol–water partition coefficient (Wildman–Crippen LogP) is 7.27. The van der Waals surface area contributed by atoms with Crippen LogP contribution in [0.2, 0.25) is 0 Å². The summed E-state index contributed by atoms with van der Waals surface area (Å²) in [5.74, 6) is -0.824. The molecule has 0 unspecified atom stereocenters. The van der Waals surface area contributed by atoms with Gasteiger partial charge in [0.1, 0.15) is 0 Å². The first-order chi connectivity index (χ1) is 17.3. The fourth-order valence-corrected chi connectivity index (χ4v) is 4.50. The molecule has 4 heteroatoms. The lowest BCUT2D eigenvalue weighted by Gasteiger charge is -2.26. The quantitative estimate of drug-likeness (QED) is 0.298. The van der Waals surface area contributed by atoms with Crippen LogP contribution in [0.4, 0.5) is 11.4 Å². The Kier molecular flexibility index (Phi) is 5.81. The highest BCUT2D eigenvalue weighted by Gasteiger charge is 2.33. The molecule has 0 spiro atoms. The van der Waals surface area contributed by atoms with Crippen molar-refractivity contribution in [2.24, 2.45) is 0 Å². The molecule has 0 aliphatic heterocycles. The summed E-state index contributed by atoms with van der Waals surface area (Å²) in [7, 11) is 0. The van der Waals surface area contributed by atoms with Crippen molar-refractivity contribution in [2.45, 2.75) is 26.2 Å². The Morgan fingerprint density at radius 2 is 1.31 bits per heavy atom. The summed E-state index contributed by atoms with van der Waals surface area (Å²) in [6, 6.07) is 28.0. The molecule has 0 aromatic heterocycles. The molecule has 0 amide bonds. The summed E-state index contributed by atoms with van der Waals surface area (Å²) < 4.78 is 0. The fraction of sp³-hybridized carbons (Fsp3) is 0.125. The molecule has 4 aromatic rings. The number of nitrogens with zero attached hydrogens (tertiary/aromatic N) is 1. The lowest BCUT2D eigenvalue weighted by molar-refractivity contribution is 0.0977. The number of carbonyl (C=O) groups excluding carboxylic acids is 2. The van der Waals surface area contributed by atoms with Gasteiger partial charge in [0.25, 0.3) is 0 Å². The van der Waals surface area contributed by atoms with Crippen molar-refractivity contribution in [3.05, 3.63) is 131 Å². The van der Waals surface area contributed by atoms with Crippen molar-refractivity contribution in [1.82, 2.24) is 0 Å². The van der Waals surface area contributed by atoms with E-state index >= 15 is 0 Å². The molecule has 0 radical (unpaired) electrons. The van der Waals surface area contributed by atoms with Gasteiger partial charge >= 0.3 is 0 Å². The molecule has 0 heterocycles. The van der Waals surface area contributed by atoms with E-state index in [2.05, 4.69) is 32.9 Å². The first kappa shape index (κ1) is 23.3. The Labute approximate surface area is 211 Å². The average molecular weight is 474 g/mol. The molecule has 0 atom stereocenters. The van der Waals surface area contributed by atoms with E-state index in [0.29, 0.717) is 16.8 Å². The van der Waals surface area contributed by atoms with Crippen LogP contribution in [-0.4, -0.2) is 16.7 Å². The van der Waals surface area contributed by atoms with Gasteiger partial charge in [-0.2, -0.15) is 0 Å². The minimum atomic E-state index is -0.352. The Bertz CT molecular complexity index is 1490. The molecule has 4 nitrogen and oxygen atoms in total. The largest absolute Gasteiger partial charge is 0.505 e. The van der Waals surface area contributed by atoms with Gasteiger partial charge < -0.3 is 10.0 Å². The van der Waals surface area contributed by atoms with Crippen LogP contribution in [0.1, 0.15) is 63.7 Å². The van der Waals surface area contributed by atoms with E-state index in [1.54, 1.807) is 36.4 Å². The molecule has 1 aliphatic rings. The molecule has 1 aliphatic carbocycles. The standard InChI is InChI=1S/C32H27NO3/c1-32(2,3)22-13-15-23(16-14-22)33(20-19-21-9-5-4-6-10-21)27-18-17-26-28(31(27)36)30(35)25-12-8-7-11-24(25)29(26)34/h4-20,36H,1-3H3/b20-19+. The zero-order chi connectivity index (χ0) is 25.4. The molecule has 5 rings (SSSR count). The van der Waals surface area contributed by atoms with E-state index in [1.807, 2.05) is 59.6 Å². The highest BCUT2D eigenvalue weighted by atomic mass is 16.3. The third-order valence-corrected chi connectivity index (χ3v) is 6.53. The summed E-state index contributed by atoms with van der Waals surface area (Å²) in [6.45, 7) is 6.47. The maximum atomic E-state index is 13.4. The number of anilines is 2. The first-order valence-corrected chi connectivity index (χ1v) is 11.9. The van der Waals surface area contributed by atoms with Crippen LogP contribution in [0.15, 0.2) is 97.2 Å².